The summed E-state index contributed by atoms with van der Waals surface area (Å²) in [7, 11) is 0. The summed E-state index contributed by atoms with van der Waals surface area (Å²) in [6.45, 7) is 15.2. The van der Waals surface area contributed by atoms with E-state index in [1.165, 1.54) is 11.0 Å². The van der Waals surface area contributed by atoms with Gasteiger partial charge in [0.05, 0.1) is 173 Å². The Hall–Kier alpha value is -8.77. The molecule has 0 bridgehead atoms. The van der Waals surface area contributed by atoms with Gasteiger partial charge in [0.2, 0.25) is 23.6 Å². The molecule has 3 aliphatic rings. The van der Waals surface area contributed by atoms with E-state index in [0.29, 0.717) is 121 Å². The minimum absolute atomic E-state index is 0.0357. The molecule has 0 spiro atoms. The van der Waals surface area contributed by atoms with Gasteiger partial charge in [-0.15, -0.1) is 0 Å². The van der Waals surface area contributed by atoms with Crippen molar-refractivity contribution in [3.63, 3.8) is 0 Å². The van der Waals surface area contributed by atoms with Crippen LogP contribution >= 0.6 is 0 Å². The van der Waals surface area contributed by atoms with Crippen molar-refractivity contribution in [3.05, 3.63) is 59.5 Å². The van der Waals surface area contributed by atoms with Gasteiger partial charge in [0, 0.05) is 175 Å². The zero-order valence-electron chi connectivity index (χ0n) is 70.5. The van der Waals surface area contributed by atoms with Crippen LogP contribution in [0.3, 0.4) is 0 Å². The summed E-state index contributed by atoms with van der Waals surface area (Å²) in [6.07, 6.45) is -2.03. The molecule has 3 aliphatic heterocycles. The summed E-state index contributed by atoms with van der Waals surface area (Å²) in [5.41, 5.74) is 0.927. The zero-order chi connectivity index (χ0) is 88.4. The van der Waals surface area contributed by atoms with E-state index in [0.717, 1.165) is 11.8 Å². The summed E-state index contributed by atoms with van der Waals surface area (Å²) in [5.74, 6) is -7.52. The van der Waals surface area contributed by atoms with Crippen LogP contribution in [0.5, 0.6) is 11.8 Å². The largest absolute Gasteiger partial charge is 0.480 e. The predicted octanol–water partition coefficient (Wildman–Crippen LogP) is -0.840. The molecule has 3 aromatic rings. The standard InChI is InChI=1S/C79H126F3N17O23/c1-4-61-52-98(78(114)63-10-13-69(121-5-2)88-76(63)79(80,81)82)35-36-99(61)66-12-11-64(62-9-7-15-86-77(62)122-6-3)87-65(66)51-83-14-8-18-89(37-41-117-45-49-119-47-43-115-39-16-84-67(100)53-90-19-23-92(55-70(102)103)27-31-96(59-74(110)111)32-28-93(24-20-90)56-71(104)105)38-42-118-46-50-120-48-44-116-40-17-85-68(101)54-91-21-25-94(57-72(106)107)29-33-97(60-75(112)113)34-30-95(26-22-91)58-73(108)109/h7,9-13,15,61,83H,4-6,8,14,16-60H2,1-3H3,(H,84,100)(H,85,101)(H,102,103)(H,104,105)(H,106,107)(H,108,109)(H,110,111)(H,112,113)/t61-/m1/s1. The number of piperazine rings is 1. The van der Waals surface area contributed by atoms with Crippen molar-refractivity contribution in [3.8, 4) is 23.0 Å². The number of carboxylic acid groups (broad SMARTS) is 6. The summed E-state index contributed by atoms with van der Waals surface area (Å²) < 4.78 is 89.5. The van der Waals surface area contributed by atoms with Crippen molar-refractivity contribution in [1.29, 1.82) is 0 Å². The van der Waals surface area contributed by atoms with Crippen LogP contribution in [0.15, 0.2) is 42.6 Å². The van der Waals surface area contributed by atoms with Gasteiger partial charge in [0.25, 0.3) is 5.91 Å². The number of aliphatic carboxylic acids is 6. The molecule has 43 heteroatoms. The molecule has 686 valence electrons. The van der Waals surface area contributed by atoms with Crippen LogP contribution in [0, 0.1) is 0 Å². The van der Waals surface area contributed by atoms with Crippen LogP contribution in [0.1, 0.15) is 55.4 Å². The molecular formula is C79H126F3N17O23. The van der Waals surface area contributed by atoms with Gasteiger partial charge in [-0.3, -0.25) is 87.3 Å². The van der Waals surface area contributed by atoms with Gasteiger partial charge < -0.3 is 94.3 Å². The van der Waals surface area contributed by atoms with Gasteiger partial charge in [-0.1, -0.05) is 6.92 Å². The SMILES string of the molecule is CCOc1ccc(C(=O)N2CCN(c3ccc(-c4cccnc4OCC)nc3CNCCCN(CCOCCOCCOCCNC(=O)CN3CCN(CC(=O)O)CCN(CC(=O)O)CCN(CC(=O)O)CC3)CCOCCOCCOCCNC(=O)CN3CCN(CC(=O)O)CCN(CC(=O)O)CCN(CC(=O)O)CC3)[C@H](CC)C2)c(C(F)(F)F)n1. The normalized spacial score (nSPS) is 16.9. The van der Waals surface area contributed by atoms with Gasteiger partial charge in [0.1, 0.15) is 0 Å². The molecule has 6 heterocycles. The fourth-order valence-electron chi connectivity index (χ4n) is 13.9. The Bertz CT molecular complexity index is 3460. The number of alkyl halides is 3. The Kier molecular flexibility index (Phi) is 48.2. The molecule has 3 aromatic heterocycles. The van der Waals surface area contributed by atoms with Crippen molar-refractivity contribution in [2.24, 2.45) is 0 Å². The molecule has 0 saturated carbocycles. The Morgan fingerprint density at radius 1 is 0.459 bits per heavy atom. The Morgan fingerprint density at radius 3 is 1.25 bits per heavy atom. The van der Waals surface area contributed by atoms with Crippen molar-refractivity contribution in [1.82, 2.24) is 79.9 Å². The molecule has 0 aliphatic carbocycles. The van der Waals surface area contributed by atoms with E-state index in [2.05, 4.69) is 35.7 Å². The van der Waals surface area contributed by atoms with E-state index < -0.39 is 59.2 Å². The second-order valence-corrected chi connectivity index (χ2v) is 29.3. The summed E-state index contributed by atoms with van der Waals surface area (Å²) in [6, 6.07) is 9.62. The molecule has 3 fully saturated rings. The monoisotopic (exact) mass is 1740 g/mol. The summed E-state index contributed by atoms with van der Waals surface area (Å²) in [4.78, 5) is 143. The van der Waals surface area contributed by atoms with E-state index >= 15 is 0 Å². The lowest BCUT2D eigenvalue weighted by molar-refractivity contribution is -0.142. The lowest BCUT2D eigenvalue weighted by Gasteiger charge is -2.43. The molecular weight excluding hydrogens is 1610 g/mol. The number of aromatic nitrogens is 3. The highest BCUT2D eigenvalue weighted by Gasteiger charge is 2.41. The molecule has 6 rings (SSSR count). The number of amides is 3. The molecule has 122 heavy (non-hydrogen) atoms. The van der Waals surface area contributed by atoms with E-state index in [1.807, 2.05) is 41.8 Å². The van der Waals surface area contributed by atoms with Gasteiger partial charge in [-0.05, 0) is 70.1 Å². The van der Waals surface area contributed by atoms with Crippen molar-refractivity contribution >= 4 is 59.2 Å². The van der Waals surface area contributed by atoms with Crippen LogP contribution in [0.4, 0.5) is 18.9 Å². The predicted molar refractivity (Wildman–Crippen MR) is 437 cm³/mol. The molecule has 0 unspecified atom stereocenters. The number of nitrogens with zero attached hydrogens (tertiary/aromatic N) is 14. The second kappa shape index (κ2) is 57.6. The number of hydrogen-bond acceptors (Lipinski definition) is 31. The van der Waals surface area contributed by atoms with Gasteiger partial charge in [-0.2, -0.15) is 13.2 Å². The Balaban J connectivity index is 0.982. The third-order valence-electron chi connectivity index (χ3n) is 20.1. The topological polar surface area (TPSA) is 459 Å². The van der Waals surface area contributed by atoms with E-state index in [4.69, 9.17) is 42.9 Å². The molecule has 40 nitrogen and oxygen atoms in total. The van der Waals surface area contributed by atoms with Gasteiger partial charge in [0.15, 0.2) is 5.69 Å². The fraction of sp³-hybridized carbons (Fsp3) is 0.696. The van der Waals surface area contributed by atoms with Gasteiger partial charge in [-0.25, -0.2) is 15.0 Å². The summed E-state index contributed by atoms with van der Waals surface area (Å²) >= 11 is 0. The smallest absolute Gasteiger partial charge is 0.434 e. The van der Waals surface area contributed by atoms with Crippen LogP contribution in [-0.4, -0.2) is 463 Å². The first-order chi connectivity index (χ1) is 58.7. The average Bonchev–Trinajstić information content (AvgIpc) is 0.780. The highest BCUT2D eigenvalue weighted by Crippen LogP contribution is 2.35. The first-order valence-electron chi connectivity index (χ1n) is 41.6. The van der Waals surface area contributed by atoms with E-state index in [-0.39, 0.29) is 253 Å². The average molecular weight is 1740 g/mol. The molecule has 3 amide bonds. The van der Waals surface area contributed by atoms with Crippen LogP contribution in [0.2, 0.25) is 0 Å². The lowest BCUT2D eigenvalue weighted by Crippen LogP contribution is -2.55. The number of pyridine rings is 3. The maximum absolute atomic E-state index is 14.4. The van der Waals surface area contributed by atoms with E-state index in [1.54, 1.807) is 48.6 Å². The number of nitrogens with one attached hydrogen (secondary N) is 3. The number of anilines is 1. The maximum Gasteiger partial charge on any atom is 0.434 e. The Labute approximate surface area is 709 Å². The number of ether oxygens (including phenoxy) is 8. The minimum Gasteiger partial charge on any atom is -0.480 e. The molecule has 1 atom stereocenters. The number of carbonyl (C=O) groups is 9. The second-order valence-electron chi connectivity index (χ2n) is 29.3. The number of rotatable bonds is 54. The number of carboxylic acids is 6. The highest BCUT2D eigenvalue weighted by molar-refractivity contribution is 5.96. The Morgan fingerprint density at radius 2 is 0.861 bits per heavy atom. The third-order valence-corrected chi connectivity index (χ3v) is 20.1. The molecule has 9 N–H and O–H groups in total. The molecule has 0 radical (unpaired) electrons. The number of carbonyl (C=O) groups excluding carboxylic acids is 3. The van der Waals surface area contributed by atoms with E-state index in [9.17, 15) is 87.0 Å². The maximum atomic E-state index is 14.4. The van der Waals surface area contributed by atoms with Gasteiger partial charge >= 0.3 is 42.0 Å². The third kappa shape index (κ3) is 41.1. The van der Waals surface area contributed by atoms with Crippen molar-refractivity contribution < 1.29 is 125 Å². The van der Waals surface area contributed by atoms with Crippen molar-refractivity contribution in [2.45, 2.75) is 52.4 Å². The first-order valence-corrected chi connectivity index (χ1v) is 41.6. The number of halogens is 3. The first kappa shape index (κ1) is 102. The van der Waals surface area contributed by atoms with Crippen LogP contribution in [-0.2, 0) is 79.5 Å². The fourth-order valence-corrected chi connectivity index (χ4v) is 13.9. The zero-order valence-corrected chi connectivity index (χ0v) is 70.5. The highest BCUT2D eigenvalue weighted by atomic mass is 19.4. The number of hydrogen-bond donors (Lipinski definition) is 9. The van der Waals surface area contributed by atoms with Crippen molar-refractivity contribution in [2.75, 3.05) is 313 Å². The molecule has 0 aromatic carbocycles. The van der Waals surface area contributed by atoms with Crippen LogP contribution in [0.25, 0.3) is 11.3 Å². The van der Waals surface area contributed by atoms with Crippen LogP contribution < -0.4 is 30.3 Å². The quantitative estimate of drug-likeness (QED) is 0.0311. The molecule has 3 saturated heterocycles. The minimum atomic E-state index is -4.91. The summed E-state index contributed by atoms with van der Waals surface area (Å²) in [5, 5.41) is 66.5. The lowest BCUT2D eigenvalue weighted by atomic mass is 10.0.